The van der Waals surface area contributed by atoms with Gasteiger partial charge in [-0.15, -0.1) is 0 Å². The van der Waals surface area contributed by atoms with Gasteiger partial charge in [-0.3, -0.25) is 9.63 Å². The van der Waals surface area contributed by atoms with Crippen molar-refractivity contribution >= 4 is 6.29 Å². The highest BCUT2D eigenvalue weighted by Crippen LogP contribution is 2.34. The van der Waals surface area contributed by atoms with Gasteiger partial charge in [-0.05, 0) is 5.56 Å². The highest BCUT2D eigenvalue weighted by Gasteiger charge is 2.13. The highest BCUT2D eigenvalue weighted by molar-refractivity contribution is 5.84. The Hall–Kier alpha value is -3.95. The Balaban J connectivity index is 0.000000281. The van der Waals surface area contributed by atoms with Gasteiger partial charge in [-0.2, -0.15) is 5.48 Å². The summed E-state index contributed by atoms with van der Waals surface area (Å²) >= 11 is 0. The highest BCUT2D eigenvalue weighted by atomic mass is 16.6. The molecule has 0 aliphatic rings. The Kier molecular flexibility index (Phi) is 11.9. The molecule has 0 unspecified atom stereocenters. The first-order valence-electron chi connectivity index (χ1n) is 11.0. The molecular formula is C27H33NO8. The minimum absolute atomic E-state index is 0.385. The van der Waals surface area contributed by atoms with Crippen LogP contribution in [-0.2, 0) is 18.0 Å². The van der Waals surface area contributed by atoms with Crippen molar-refractivity contribution in [1.29, 1.82) is 0 Å². The van der Waals surface area contributed by atoms with Crippen LogP contribution in [0.5, 0.6) is 34.5 Å². The summed E-state index contributed by atoms with van der Waals surface area (Å²) in [6, 6.07) is 16.9. The van der Waals surface area contributed by atoms with Crippen LogP contribution in [0.2, 0.25) is 0 Å². The van der Waals surface area contributed by atoms with E-state index in [1.165, 1.54) is 21.3 Å². The second-order valence-corrected chi connectivity index (χ2v) is 7.17. The van der Waals surface area contributed by atoms with Crippen molar-refractivity contribution in [3.05, 3.63) is 71.3 Å². The quantitative estimate of drug-likeness (QED) is 0.220. The first-order valence-corrected chi connectivity index (χ1v) is 11.0. The topological polar surface area (TPSA) is 93.7 Å². The fourth-order valence-corrected chi connectivity index (χ4v) is 3.23. The predicted molar refractivity (Wildman–Crippen MR) is 136 cm³/mol. The van der Waals surface area contributed by atoms with E-state index in [-0.39, 0.29) is 0 Å². The van der Waals surface area contributed by atoms with Gasteiger partial charge in [0, 0.05) is 24.3 Å². The lowest BCUT2D eigenvalue weighted by molar-refractivity contribution is 0.0228. The number of methoxy groups -OCH3 is 6. The molecule has 0 bridgehead atoms. The number of nitrogens with one attached hydrogen (secondary N) is 1. The van der Waals surface area contributed by atoms with E-state index in [0.29, 0.717) is 59.5 Å². The van der Waals surface area contributed by atoms with E-state index >= 15 is 0 Å². The van der Waals surface area contributed by atoms with Crippen LogP contribution < -0.4 is 33.9 Å². The fourth-order valence-electron chi connectivity index (χ4n) is 3.23. The molecule has 3 rings (SSSR count). The molecule has 3 aromatic rings. The molecule has 0 spiro atoms. The van der Waals surface area contributed by atoms with Gasteiger partial charge in [-0.25, -0.2) is 0 Å². The smallest absolute Gasteiger partial charge is 0.157 e. The van der Waals surface area contributed by atoms with Crippen molar-refractivity contribution in [2.75, 3.05) is 42.7 Å². The number of carbonyl (C=O) groups is 1. The van der Waals surface area contributed by atoms with Gasteiger partial charge >= 0.3 is 0 Å². The monoisotopic (exact) mass is 499 g/mol. The minimum atomic E-state index is 0.385. The third-order valence-electron chi connectivity index (χ3n) is 5.12. The largest absolute Gasteiger partial charge is 0.496 e. The van der Waals surface area contributed by atoms with E-state index in [0.717, 1.165) is 11.1 Å². The molecule has 0 aliphatic heterocycles. The van der Waals surface area contributed by atoms with Crippen LogP contribution in [0.25, 0.3) is 0 Å². The lowest BCUT2D eigenvalue weighted by atomic mass is 10.1. The number of carbonyl (C=O) groups excluding carboxylic acids is 1. The van der Waals surface area contributed by atoms with Gasteiger partial charge in [0.15, 0.2) is 6.29 Å². The van der Waals surface area contributed by atoms with Crippen molar-refractivity contribution in [2.45, 2.75) is 13.2 Å². The van der Waals surface area contributed by atoms with Gasteiger partial charge in [0.05, 0.1) is 66.9 Å². The van der Waals surface area contributed by atoms with Crippen LogP contribution in [-0.4, -0.2) is 48.9 Å². The molecule has 0 saturated carbocycles. The number of ether oxygens (including phenoxy) is 6. The van der Waals surface area contributed by atoms with E-state index in [1.54, 1.807) is 33.5 Å². The second-order valence-electron chi connectivity index (χ2n) is 7.17. The molecule has 36 heavy (non-hydrogen) atoms. The summed E-state index contributed by atoms with van der Waals surface area (Å²) in [5.74, 6) is 3.53. The molecule has 0 atom stereocenters. The third kappa shape index (κ3) is 7.79. The normalized spacial score (nSPS) is 9.94. The second kappa shape index (κ2) is 15.1. The van der Waals surface area contributed by atoms with E-state index < -0.39 is 0 Å². The summed E-state index contributed by atoms with van der Waals surface area (Å²) in [5.41, 5.74) is 5.30. The molecule has 9 nitrogen and oxygen atoms in total. The fraction of sp³-hybridized carbons (Fsp3) is 0.296. The Morgan fingerprint density at radius 1 is 0.667 bits per heavy atom. The zero-order chi connectivity index (χ0) is 26.3. The van der Waals surface area contributed by atoms with Gasteiger partial charge < -0.3 is 28.4 Å². The van der Waals surface area contributed by atoms with Gasteiger partial charge in [0.25, 0.3) is 0 Å². The number of hydrogen-bond acceptors (Lipinski definition) is 9. The summed E-state index contributed by atoms with van der Waals surface area (Å²) in [6.07, 6.45) is 0.692. The molecule has 0 fully saturated rings. The Bertz CT molecular complexity index is 1040. The number of hydroxylamine groups is 1. The molecule has 194 valence electrons. The Morgan fingerprint density at radius 2 is 1.14 bits per heavy atom. The minimum Gasteiger partial charge on any atom is -0.496 e. The maximum absolute atomic E-state index is 10.8. The molecule has 0 saturated heterocycles. The summed E-state index contributed by atoms with van der Waals surface area (Å²) in [4.78, 5) is 16.3. The van der Waals surface area contributed by atoms with Crippen molar-refractivity contribution in [3.63, 3.8) is 0 Å². The van der Waals surface area contributed by atoms with Crippen molar-refractivity contribution in [3.8, 4) is 34.5 Å². The van der Waals surface area contributed by atoms with E-state index in [4.69, 9.17) is 33.3 Å². The maximum atomic E-state index is 10.8. The van der Waals surface area contributed by atoms with Crippen LogP contribution >= 0.6 is 0 Å². The maximum Gasteiger partial charge on any atom is 0.157 e. The average Bonchev–Trinajstić information content (AvgIpc) is 2.94. The lowest BCUT2D eigenvalue weighted by Gasteiger charge is -2.15. The molecule has 9 heteroatoms. The molecule has 0 aliphatic carbocycles. The first kappa shape index (κ1) is 28.3. The summed E-state index contributed by atoms with van der Waals surface area (Å²) < 4.78 is 31.1. The van der Waals surface area contributed by atoms with Crippen LogP contribution in [0.3, 0.4) is 0 Å². The molecule has 0 amide bonds. The average molecular weight is 500 g/mol. The molecule has 0 aromatic heterocycles. The zero-order valence-corrected chi connectivity index (χ0v) is 21.5. The Labute approximate surface area is 211 Å². The third-order valence-corrected chi connectivity index (χ3v) is 5.12. The molecule has 0 radical (unpaired) electrons. The predicted octanol–water partition coefficient (Wildman–Crippen LogP) is 4.46. The number of aldehydes is 1. The number of rotatable bonds is 12. The molecule has 3 aromatic carbocycles. The standard InChI is InChI=1S/C17H21NO4.C10H12O4/c1-19-14-9-16(20-2)15(17(10-14)21-3)11-18-22-12-13-7-5-4-6-8-13;1-12-7-4-9(13-2)8(6-11)10(5-7)14-3/h4-10,18H,11-12H2,1-3H3;4-6H,1-3H3. The van der Waals surface area contributed by atoms with E-state index in [9.17, 15) is 4.79 Å². The van der Waals surface area contributed by atoms with Crippen molar-refractivity contribution in [1.82, 2.24) is 5.48 Å². The number of benzene rings is 3. The molecule has 0 heterocycles. The van der Waals surface area contributed by atoms with Crippen LogP contribution in [0.4, 0.5) is 0 Å². The summed E-state index contributed by atoms with van der Waals surface area (Å²) in [7, 11) is 9.34. The lowest BCUT2D eigenvalue weighted by Crippen LogP contribution is -2.15. The first-order chi connectivity index (χ1) is 17.5. The number of hydrogen-bond donors (Lipinski definition) is 1. The Morgan fingerprint density at radius 3 is 1.56 bits per heavy atom. The summed E-state index contributed by atoms with van der Waals surface area (Å²) in [5, 5.41) is 0. The SMILES string of the molecule is COc1cc(OC)c(C=O)c(OC)c1.COc1cc(OC)c(CNOCc2ccccc2)c(OC)c1. The molecule has 1 N–H and O–H groups in total. The van der Waals surface area contributed by atoms with Crippen LogP contribution in [0.1, 0.15) is 21.5 Å². The van der Waals surface area contributed by atoms with Crippen molar-refractivity contribution in [2.24, 2.45) is 0 Å². The van der Waals surface area contributed by atoms with Crippen LogP contribution in [0.15, 0.2) is 54.6 Å². The summed E-state index contributed by atoms with van der Waals surface area (Å²) in [6.45, 7) is 0.949. The van der Waals surface area contributed by atoms with Gasteiger partial charge in [0.2, 0.25) is 0 Å². The molecular weight excluding hydrogens is 466 g/mol. The van der Waals surface area contributed by atoms with E-state index in [1.807, 2.05) is 42.5 Å². The van der Waals surface area contributed by atoms with E-state index in [2.05, 4.69) is 5.48 Å². The van der Waals surface area contributed by atoms with Gasteiger partial charge in [-0.1, -0.05) is 30.3 Å². The van der Waals surface area contributed by atoms with Gasteiger partial charge in [0.1, 0.15) is 34.5 Å². The zero-order valence-electron chi connectivity index (χ0n) is 21.5. The van der Waals surface area contributed by atoms with Crippen LogP contribution in [0, 0.1) is 0 Å². The van der Waals surface area contributed by atoms with Crippen molar-refractivity contribution < 1.29 is 38.1 Å².